The number of anilines is 1. The number of nitrogens with zero attached hydrogens (tertiary/aromatic N) is 1. The first kappa shape index (κ1) is 20.4. The van der Waals surface area contributed by atoms with Crippen LogP contribution in [0.15, 0.2) is 18.2 Å². The first-order valence-electron chi connectivity index (χ1n) is 8.85. The molecule has 1 heterocycles. The summed E-state index contributed by atoms with van der Waals surface area (Å²) in [5.74, 6) is -1.30. The van der Waals surface area contributed by atoms with E-state index in [9.17, 15) is 27.6 Å². The van der Waals surface area contributed by atoms with E-state index in [4.69, 9.17) is 11.6 Å². The monoisotopic (exact) mass is 417 g/mol. The standard InChI is InChI=1S/C18H19ClF3N3O3/c1-10-4-2-3-7-17(10)15(27)25(16(28)24-17)9-14(26)23-11-5-6-13(19)12(8-11)18(20,21)22/h5-6,8,10H,2-4,7,9H2,1H3,(H,23,26)(H,24,28)/t10-,17+/m1/s1. The molecule has 2 N–H and O–H groups in total. The van der Waals surface area contributed by atoms with Crippen molar-refractivity contribution in [3.63, 3.8) is 0 Å². The predicted octanol–water partition coefficient (Wildman–Crippen LogP) is 3.80. The van der Waals surface area contributed by atoms with Crippen LogP contribution < -0.4 is 10.6 Å². The number of rotatable bonds is 3. The molecule has 1 saturated heterocycles. The van der Waals surface area contributed by atoms with E-state index >= 15 is 0 Å². The molecule has 1 aliphatic heterocycles. The van der Waals surface area contributed by atoms with Crippen LogP contribution in [-0.4, -0.2) is 34.8 Å². The van der Waals surface area contributed by atoms with Crippen LogP contribution in [0.3, 0.4) is 0 Å². The number of amides is 4. The van der Waals surface area contributed by atoms with Crippen molar-refractivity contribution in [1.82, 2.24) is 10.2 Å². The molecule has 3 rings (SSSR count). The molecule has 0 bridgehead atoms. The SMILES string of the molecule is C[C@@H]1CCCC[C@]12NC(=O)N(CC(=O)Nc1ccc(Cl)c(C(F)(F)F)c1)C2=O. The van der Waals surface area contributed by atoms with E-state index in [2.05, 4.69) is 10.6 Å². The molecule has 1 aromatic rings. The molecule has 0 aromatic heterocycles. The Kier molecular flexibility index (Phi) is 5.31. The molecule has 2 fully saturated rings. The van der Waals surface area contributed by atoms with Gasteiger partial charge in [0, 0.05) is 5.69 Å². The van der Waals surface area contributed by atoms with Crippen LogP contribution in [0.25, 0.3) is 0 Å². The van der Waals surface area contributed by atoms with Gasteiger partial charge in [0.1, 0.15) is 12.1 Å². The molecular weight excluding hydrogens is 399 g/mol. The molecule has 4 amide bonds. The Morgan fingerprint density at radius 2 is 2.07 bits per heavy atom. The lowest BCUT2D eigenvalue weighted by Crippen LogP contribution is -2.54. The zero-order valence-corrected chi connectivity index (χ0v) is 15.8. The van der Waals surface area contributed by atoms with Gasteiger partial charge in [-0.3, -0.25) is 14.5 Å². The zero-order valence-electron chi connectivity index (χ0n) is 15.0. The van der Waals surface area contributed by atoms with Crippen LogP contribution in [0.4, 0.5) is 23.7 Å². The van der Waals surface area contributed by atoms with E-state index in [0.29, 0.717) is 12.5 Å². The van der Waals surface area contributed by atoms with Crippen molar-refractivity contribution >= 4 is 35.1 Å². The zero-order chi connectivity index (χ0) is 20.7. The maximum Gasteiger partial charge on any atom is 0.417 e. The number of halogens is 4. The largest absolute Gasteiger partial charge is 0.417 e. The van der Waals surface area contributed by atoms with Crippen molar-refractivity contribution in [1.29, 1.82) is 0 Å². The van der Waals surface area contributed by atoms with E-state index in [1.165, 1.54) is 6.07 Å². The fraction of sp³-hybridized carbons (Fsp3) is 0.500. The summed E-state index contributed by atoms with van der Waals surface area (Å²) >= 11 is 5.55. The summed E-state index contributed by atoms with van der Waals surface area (Å²) in [5.41, 5.74) is -2.22. The van der Waals surface area contributed by atoms with E-state index in [0.717, 1.165) is 30.2 Å². The Hall–Kier alpha value is -2.29. The van der Waals surface area contributed by atoms with Gasteiger partial charge in [0.25, 0.3) is 5.91 Å². The molecule has 0 radical (unpaired) electrons. The summed E-state index contributed by atoms with van der Waals surface area (Å²) in [6.07, 6.45) is -1.63. The summed E-state index contributed by atoms with van der Waals surface area (Å²) in [5, 5.41) is 4.50. The van der Waals surface area contributed by atoms with Crippen LogP contribution in [0.5, 0.6) is 0 Å². The number of nitrogens with one attached hydrogen (secondary N) is 2. The van der Waals surface area contributed by atoms with Gasteiger partial charge in [-0.05, 0) is 37.0 Å². The second-order valence-corrected chi connectivity index (χ2v) is 7.59. The molecule has 10 heteroatoms. The fourth-order valence-electron chi connectivity index (χ4n) is 3.80. The number of carbonyl (C=O) groups is 3. The Morgan fingerprint density at radius 1 is 1.36 bits per heavy atom. The van der Waals surface area contributed by atoms with Gasteiger partial charge >= 0.3 is 12.2 Å². The van der Waals surface area contributed by atoms with Gasteiger partial charge in [-0.25, -0.2) is 4.79 Å². The molecular formula is C18H19ClF3N3O3. The third-order valence-electron chi connectivity index (χ3n) is 5.36. The number of hydrogen-bond acceptors (Lipinski definition) is 3. The second kappa shape index (κ2) is 7.27. The van der Waals surface area contributed by atoms with Gasteiger partial charge < -0.3 is 10.6 Å². The first-order valence-corrected chi connectivity index (χ1v) is 9.23. The third-order valence-corrected chi connectivity index (χ3v) is 5.69. The average Bonchev–Trinajstić information content (AvgIpc) is 2.83. The Bertz CT molecular complexity index is 830. The topological polar surface area (TPSA) is 78.5 Å². The third kappa shape index (κ3) is 3.67. The highest BCUT2D eigenvalue weighted by molar-refractivity contribution is 6.31. The molecule has 1 aromatic carbocycles. The molecule has 6 nitrogen and oxygen atoms in total. The lowest BCUT2D eigenvalue weighted by atomic mass is 9.73. The van der Waals surface area contributed by atoms with Gasteiger partial charge in [-0.2, -0.15) is 13.2 Å². The number of carbonyl (C=O) groups excluding carboxylic acids is 3. The molecule has 152 valence electrons. The summed E-state index contributed by atoms with van der Waals surface area (Å²) in [6.45, 7) is 1.30. The van der Waals surface area contributed by atoms with Crippen LogP contribution in [0.1, 0.15) is 38.2 Å². The van der Waals surface area contributed by atoms with E-state index in [1.807, 2.05) is 6.92 Å². The lowest BCUT2D eigenvalue weighted by Gasteiger charge is -2.36. The predicted molar refractivity (Wildman–Crippen MR) is 95.7 cm³/mol. The average molecular weight is 418 g/mol. The van der Waals surface area contributed by atoms with Crippen LogP contribution >= 0.6 is 11.6 Å². The number of alkyl halides is 3. The van der Waals surface area contributed by atoms with Gasteiger partial charge in [0.2, 0.25) is 5.91 Å². The molecule has 1 saturated carbocycles. The number of benzene rings is 1. The highest BCUT2D eigenvalue weighted by Crippen LogP contribution is 2.38. The number of imide groups is 1. The van der Waals surface area contributed by atoms with Crippen molar-refractivity contribution in [3.05, 3.63) is 28.8 Å². The molecule has 28 heavy (non-hydrogen) atoms. The minimum atomic E-state index is -4.67. The van der Waals surface area contributed by atoms with Crippen molar-refractivity contribution < 1.29 is 27.6 Å². The molecule has 2 aliphatic rings. The minimum absolute atomic E-state index is 0.0589. The lowest BCUT2D eigenvalue weighted by molar-refractivity contribution is -0.137. The number of urea groups is 1. The van der Waals surface area contributed by atoms with Gasteiger partial charge in [-0.1, -0.05) is 31.4 Å². The van der Waals surface area contributed by atoms with Crippen molar-refractivity contribution in [2.24, 2.45) is 5.92 Å². The quantitative estimate of drug-likeness (QED) is 0.734. The molecule has 2 atom stereocenters. The minimum Gasteiger partial charge on any atom is -0.325 e. The smallest absolute Gasteiger partial charge is 0.325 e. The number of hydrogen-bond donors (Lipinski definition) is 2. The summed E-state index contributed by atoms with van der Waals surface area (Å²) in [7, 11) is 0. The van der Waals surface area contributed by atoms with E-state index in [-0.39, 0.29) is 11.6 Å². The molecule has 0 unspecified atom stereocenters. The Morgan fingerprint density at radius 3 is 2.71 bits per heavy atom. The van der Waals surface area contributed by atoms with Gasteiger partial charge in [0.05, 0.1) is 10.6 Å². The van der Waals surface area contributed by atoms with E-state index < -0.39 is 46.7 Å². The maximum absolute atomic E-state index is 12.9. The maximum atomic E-state index is 12.9. The van der Waals surface area contributed by atoms with Crippen LogP contribution in [0.2, 0.25) is 5.02 Å². The highest BCUT2D eigenvalue weighted by Gasteiger charge is 2.55. The second-order valence-electron chi connectivity index (χ2n) is 7.18. The fourth-order valence-corrected chi connectivity index (χ4v) is 4.03. The van der Waals surface area contributed by atoms with E-state index in [1.54, 1.807) is 0 Å². The summed E-state index contributed by atoms with van der Waals surface area (Å²) in [6, 6.07) is 2.27. The van der Waals surface area contributed by atoms with Crippen molar-refractivity contribution in [3.8, 4) is 0 Å². The highest BCUT2D eigenvalue weighted by atomic mass is 35.5. The summed E-state index contributed by atoms with van der Waals surface area (Å²) < 4.78 is 38.8. The Labute approximate surface area is 164 Å². The van der Waals surface area contributed by atoms with Gasteiger partial charge in [-0.15, -0.1) is 0 Å². The van der Waals surface area contributed by atoms with Crippen molar-refractivity contribution in [2.45, 2.75) is 44.3 Å². The van der Waals surface area contributed by atoms with Gasteiger partial charge in [0.15, 0.2) is 0 Å². The molecule has 1 aliphatic carbocycles. The first-order chi connectivity index (χ1) is 13.0. The normalized spacial score (nSPS) is 25.2. The van der Waals surface area contributed by atoms with Crippen LogP contribution in [0, 0.1) is 5.92 Å². The summed E-state index contributed by atoms with van der Waals surface area (Å²) in [4.78, 5) is 38.2. The Balaban J connectivity index is 1.72. The van der Waals surface area contributed by atoms with Crippen molar-refractivity contribution in [2.75, 3.05) is 11.9 Å². The van der Waals surface area contributed by atoms with Crippen LogP contribution in [-0.2, 0) is 15.8 Å². The molecule has 1 spiro atoms.